The molecule has 3 aliphatic rings. The Morgan fingerprint density at radius 1 is 1.07 bits per heavy atom. The number of aliphatic hydroxyl groups excluding tert-OH is 1. The van der Waals surface area contributed by atoms with Crippen molar-refractivity contribution < 1.29 is 46.7 Å². The number of hydrogen-bond acceptors (Lipinski definition) is 12. The monoisotopic (exact) mass is 763 g/mol. The summed E-state index contributed by atoms with van der Waals surface area (Å²) < 4.78 is 63.6. The lowest BCUT2D eigenvalue weighted by atomic mass is 9.89. The SMILES string of the molecule is CC(C)(CCN=C(NC#N)Oc1ccccc1)CN(CC(O)[C@H](Cc1ccccc1)NC(=O)OC1COC2OCCC12)S(=O)(=O)c1ccc2c(c1)OCO2. The molecule has 3 N–H and O–H groups in total. The fourth-order valence-electron chi connectivity index (χ4n) is 6.55. The van der Waals surface area contributed by atoms with Gasteiger partial charge in [-0.15, -0.1) is 0 Å². The minimum atomic E-state index is -4.26. The molecule has 0 saturated carbocycles. The minimum Gasteiger partial charge on any atom is -0.454 e. The van der Waals surface area contributed by atoms with Crippen molar-refractivity contribution in [2.45, 2.75) is 62.5 Å². The van der Waals surface area contributed by atoms with Gasteiger partial charge in [-0.1, -0.05) is 62.4 Å². The van der Waals surface area contributed by atoms with Crippen LogP contribution in [0.5, 0.6) is 17.2 Å². The number of amides is 1. The Morgan fingerprint density at radius 3 is 2.57 bits per heavy atom. The van der Waals surface area contributed by atoms with Crippen LogP contribution in [-0.4, -0.2) is 94.1 Å². The Labute approximate surface area is 314 Å². The van der Waals surface area contributed by atoms with Crippen molar-refractivity contribution in [1.82, 2.24) is 14.9 Å². The van der Waals surface area contributed by atoms with Crippen molar-refractivity contribution in [3.63, 3.8) is 0 Å². The van der Waals surface area contributed by atoms with E-state index in [1.165, 1.54) is 22.5 Å². The number of aliphatic hydroxyl groups is 1. The summed E-state index contributed by atoms with van der Waals surface area (Å²) in [6, 6.07) is 21.6. The fraction of sp³-hybridized carbons (Fsp3) is 0.447. The maximum atomic E-state index is 14.4. The number of alkyl carbamates (subject to hydrolysis) is 1. The first-order valence-corrected chi connectivity index (χ1v) is 19.2. The van der Waals surface area contributed by atoms with E-state index in [4.69, 9.17) is 28.4 Å². The summed E-state index contributed by atoms with van der Waals surface area (Å²) in [5.74, 6) is 1.12. The fourth-order valence-corrected chi connectivity index (χ4v) is 8.22. The molecular formula is C38H45N5O10S. The lowest BCUT2D eigenvalue weighted by Crippen LogP contribution is -2.52. The summed E-state index contributed by atoms with van der Waals surface area (Å²) >= 11 is 0. The van der Waals surface area contributed by atoms with Gasteiger partial charge < -0.3 is 38.8 Å². The number of nitriles is 1. The highest BCUT2D eigenvalue weighted by Gasteiger charge is 2.44. The predicted molar refractivity (Wildman–Crippen MR) is 195 cm³/mol. The number of benzene rings is 3. The van der Waals surface area contributed by atoms with Gasteiger partial charge in [0.25, 0.3) is 0 Å². The van der Waals surface area contributed by atoms with Gasteiger partial charge in [0.2, 0.25) is 16.8 Å². The van der Waals surface area contributed by atoms with Gasteiger partial charge in [-0.05, 0) is 54.5 Å². The Bertz CT molecular complexity index is 1910. The molecule has 16 heteroatoms. The van der Waals surface area contributed by atoms with Gasteiger partial charge in [0.15, 0.2) is 24.0 Å². The first kappa shape index (κ1) is 38.8. The van der Waals surface area contributed by atoms with Crippen molar-refractivity contribution in [2.24, 2.45) is 16.3 Å². The second-order valence-corrected chi connectivity index (χ2v) is 16.0. The van der Waals surface area contributed by atoms with Gasteiger partial charge >= 0.3 is 12.1 Å². The molecule has 3 aromatic carbocycles. The number of nitrogens with zero attached hydrogens (tertiary/aromatic N) is 3. The van der Waals surface area contributed by atoms with Crippen LogP contribution in [0.4, 0.5) is 4.79 Å². The van der Waals surface area contributed by atoms with E-state index in [1.807, 2.05) is 56.4 Å². The van der Waals surface area contributed by atoms with E-state index >= 15 is 0 Å². The summed E-state index contributed by atoms with van der Waals surface area (Å²) in [5.41, 5.74) is 0.110. The zero-order chi connectivity index (χ0) is 38.1. The number of hydrogen-bond donors (Lipinski definition) is 3. The van der Waals surface area contributed by atoms with Gasteiger partial charge in [0, 0.05) is 25.7 Å². The lowest BCUT2D eigenvalue weighted by Gasteiger charge is -2.35. The Kier molecular flexibility index (Phi) is 12.6. The zero-order valence-corrected chi connectivity index (χ0v) is 30.9. The number of para-hydroxylation sites is 1. The van der Waals surface area contributed by atoms with Gasteiger partial charge in [-0.3, -0.25) is 0 Å². The van der Waals surface area contributed by atoms with E-state index in [9.17, 15) is 23.6 Å². The molecule has 3 aromatic rings. The molecule has 0 aliphatic carbocycles. The second-order valence-electron chi connectivity index (χ2n) is 14.0. The molecule has 2 fully saturated rings. The molecule has 0 spiro atoms. The molecule has 1 amide bonds. The van der Waals surface area contributed by atoms with E-state index in [0.29, 0.717) is 36.7 Å². The topological polar surface area (TPSA) is 190 Å². The maximum absolute atomic E-state index is 14.4. The third-order valence-corrected chi connectivity index (χ3v) is 11.3. The standard InChI is InChI=1S/C38H45N5O10S/c1-38(2,16-17-40-36(41-24-39)52-27-11-7-4-8-12-27)23-43(54(46,47)28-13-14-32-33(20-28)51-25-50-32)21-31(44)30(19-26-9-5-3-6-10-26)42-37(45)53-34-22-49-35-29(34)15-18-48-35/h3-14,20,29-31,34-35,44H,15-19,21-23,25H2,1-2H3,(H,40,41)(H,42,45)/t29?,30-,31?,34?,35?/m0/s1. The second kappa shape index (κ2) is 17.5. The van der Waals surface area contributed by atoms with Crippen molar-refractivity contribution in [3.05, 3.63) is 84.4 Å². The summed E-state index contributed by atoms with van der Waals surface area (Å²) in [7, 11) is -4.26. The smallest absolute Gasteiger partial charge is 0.407 e. The highest BCUT2D eigenvalue weighted by Crippen LogP contribution is 2.36. The van der Waals surface area contributed by atoms with Crippen molar-refractivity contribution in [2.75, 3.05) is 39.6 Å². The van der Waals surface area contributed by atoms with E-state index in [0.717, 1.165) is 5.56 Å². The minimum absolute atomic E-state index is 0.00150. The summed E-state index contributed by atoms with van der Waals surface area (Å²) in [6.07, 6.45) is 0.0397. The first-order chi connectivity index (χ1) is 26.0. The number of fused-ring (bicyclic) bond motifs is 2. The number of sulfonamides is 1. The van der Waals surface area contributed by atoms with Crippen LogP contribution in [0.3, 0.4) is 0 Å². The molecule has 6 rings (SSSR count). The molecule has 2 saturated heterocycles. The zero-order valence-electron chi connectivity index (χ0n) is 30.1. The largest absolute Gasteiger partial charge is 0.454 e. The Morgan fingerprint density at radius 2 is 1.81 bits per heavy atom. The highest BCUT2D eigenvalue weighted by molar-refractivity contribution is 7.89. The van der Waals surface area contributed by atoms with Gasteiger partial charge in [0.1, 0.15) is 11.9 Å². The molecule has 288 valence electrons. The van der Waals surface area contributed by atoms with Gasteiger partial charge in [-0.25, -0.2) is 23.5 Å². The quantitative estimate of drug-likeness (QED) is 0.0881. The van der Waals surface area contributed by atoms with Crippen LogP contribution in [-0.2, 0) is 30.7 Å². The van der Waals surface area contributed by atoms with Gasteiger partial charge in [0.05, 0.1) is 36.2 Å². The third kappa shape index (κ3) is 9.98. The molecule has 3 aliphatic heterocycles. The van der Waals surface area contributed by atoms with Crippen molar-refractivity contribution in [1.29, 1.82) is 5.26 Å². The van der Waals surface area contributed by atoms with Crippen LogP contribution in [0.2, 0.25) is 0 Å². The van der Waals surface area contributed by atoms with Crippen LogP contribution >= 0.6 is 0 Å². The normalized spacial score (nSPS) is 20.5. The number of rotatable bonds is 15. The molecule has 4 unspecified atom stereocenters. The van der Waals surface area contributed by atoms with Crippen LogP contribution in [0.1, 0.15) is 32.3 Å². The maximum Gasteiger partial charge on any atom is 0.407 e. The number of nitrogens with one attached hydrogen (secondary N) is 2. The van der Waals surface area contributed by atoms with Crippen LogP contribution in [0.15, 0.2) is 88.8 Å². The number of carbonyl (C=O) groups excluding carboxylic acids is 1. The summed E-state index contributed by atoms with van der Waals surface area (Å²) in [4.78, 5) is 17.7. The van der Waals surface area contributed by atoms with E-state index in [2.05, 4.69) is 15.6 Å². The number of ether oxygens (including phenoxy) is 6. The average molecular weight is 764 g/mol. The number of aliphatic imine (C=N–C) groups is 1. The Hall–Kier alpha value is -4.92. The highest BCUT2D eigenvalue weighted by atomic mass is 32.2. The molecular weight excluding hydrogens is 719 g/mol. The van der Waals surface area contributed by atoms with E-state index in [1.54, 1.807) is 24.3 Å². The molecule has 0 aromatic heterocycles. The number of amidine groups is 1. The van der Waals surface area contributed by atoms with Crippen molar-refractivity contribution >= 4 is 22.1 Å². The molecule has 0 radical (unpaired) electrons. The summed E-state index contributed by atoms with van der Waals surface area (Å²) in [6.45, 7) is 4.22. The predicted octanol–water partition coefficient (Wildman–Crippen LogP) is 3.79. The molecule has 0 bridgehead atoms. The van der Waals surface area contributed by atoms with Crippen LogP contribution in [0.25, 0.3) is 0 Å². The first-order valence-electron chi connectivity index (χ1n) is 17.8. The van der Waals surface area contributed by atoms with E-state index < -0.39 is 46.1 Å². The molecule has 5 atom stereocenters. The third-order valence-electron chi connectivity index (χ3n) is 9.45. The summed E-state index contributed by atoms with van der Waals surface area (Å²) in [5, 5.41) is 26.4. The molecule has 3 heterocycles. The molecule has 54 heavy (non-hydrogen) atoms. The van der Waals surface area contributed by atoms with Gasteiger partial charge in [-0.2, -0.15) is 9.57 Å². The van der Waals surface area contributed by atoms with Crippen LogP contribution < -0.4 is 24.8 Å². The Balaban J connectivity index is 1.22. The van der Waals surface area contributed by atoms with Crippen molar-refractivity contribution in [3.8, 4) is 23.4 Å². The average Bonchev–Trinajstić information content (AvgIpc) is 3.91. The lowest BCUT2D eigenvalue weighted by molar-refractivity contribution is -0.0907. The van der Waals surface area contributed by atoms with E-state index in [-0.39, 0.29) is 56.3 Å². The van der Waals surface area contributed by atoms with Crippen LogP contribution in [0, 0.1) is 22.8 Å². The number of carbonyl (C=O) groups is 1. The molecule has 15 nitrogen and oxygen atoms in total.